The van der Waals surface area contributed by atoms with Crippen LogP contribution in [0.15, 0.2) is 47.6 Å². The van der Waals surface area contributed by atoms with E-state index in [9.17, 15) is 4.79 Å². The van der Waals surface area contributed by atoms with E-state index in [1.165, 1.54) is 16.4 Å². The Kier molecular flexibility index (Phi) is 7.69. The van der Waals surface area contributed by atoms with Crippen molar-refractivity contribution in [2.24, 2.45) is 0 Å². The number of nitrogen functional groups attached to an aromatic ring is 1. The van der Waals surface area contributed by atoms with Crippen molar-refractivity contribution in [3.8, 4) is 11.4 Å². The molecule has 0 fully saturated rings. The maximum atomic E-state index is 12.4. The molecule has 0 aliphatic rings. The van der Waals surface area contributed by atoms with Crippen molar-refractivity contribution in [1.82, 2.24) is 14.9 Å². The summed E-state index contributed by atoms with van der Waals surface area (Å²) in [5, 5.41) is 12.4. The largest absolute Gasteiger partial charge is 0.369 e. The Morgan fingerprint density at radius 2 is 1.90 bits per heavy atom. The van der Waals surface area contributed by atoms with Crippen molar-refractivity contribution in [2.75, 3.05) is 28.4 Å². The van der Waals surface area contributed by atoms with Crippen LogP contribution >= 0.6 is 35.0 Å². The standard InChI is InChI=1S/C21H24Cl2N6OS/c1-4-28(13(2)3)16-8-6-15(7-9-16)25-19(30)12-31-21-27-26-20(29(21)24)17-11-14(22)5-10-18(17)23/h5-11,13H,4,12,24H2,1-3H3,(H,25,30). The van der Waals surface area contributed by atoms with Gasteiger partial charge in [-0.15, -0.1) is 10.2 Å². The highest BCUT2D eigenvalue weighted by molar-refractivity contribution is 7.99. The molecule has 0 unspecified atom stereocenters. The second-order valence-corrected chi connectivity index (χ2v) is 8.85. The number of rotatable bonds is 8. The van der Waals surface area contributed by atoms with Gasteiger partial charge in [-0.05, 0) is 63.2 Å². The second kappa shape index (κ2) is 10.3. The van der Waals surface area contributed by atoms with Gasteiger partial charge in [-0.25, -0.2) is 4.68 Å². The van der Waals surface area contributed by atoms with Gasteiger partial charge in [-0.1, -0.05) is 35.0 Å². The minimum Gasteiger partial charge on any atom is -0.369 e. The minimum atomic E-state index is -0.167. The van der Waals surface area contributed by atoms with E-state index < -0.39 is 0 Å². The first-order valence-electron chi connectivity index (χ1n) is 9.75. The summed E-state index contributed by atoms with van der Waals surface area (Å²) in [6, 6.07) is 13.2. The molecule has 7 nitrogen and oxygen atoms in total. The molecule has 3 N–H and O–H groups in total. The SMILES string of the molecule is CCN(c1ccc(NC(=O)CSc2nnc(-c3cc(Cl)ccc3Cl)n2N)cc1)C(C)C. The van der Waals surface area contributed by atoms with Crippen LogP contribution in [-0.4, -0.2) is 39.1 Å². The van der Waals surface area contributed by atoms with Gasteiger partial charge in [0, 0.05) is 34.5 Å². The van der Waals surface area contributed by atoms with Crippen molar-refractivity contribution in [2.45, 2.75) is 32.0 Å². The molecule has 1 heterocycles. The number of nitrogens with one attached hydrogen (secondary N) is 1. The smallest absolute Gasteiger partial charge is 0.234 e. The third-order valence-corrected chi connectivity index (χ3v) is 6.12. The van der Waals surface area contributed by atoms with Crippen LogP contribution in [-0.2, 0) is 4.79 Å². The molecule has 0 bridgehead atoms. The molecule has 164 valence electrons. The number of aromatic nitrogens is 3. The van der Waals surface area contributed by atoms with Crippen LogP contribution in [0.25, 0.3) is 11.4 Å². The summed E-state index contributed by atoms with van der Waals surface area (Å²) in [4.78, 5) is 14.7. The van der Waals surface area contributed by atoms with Crippen LogP contribution in [0.5, 0.6) is 0 Å². The molecular formula is C21H24Cl2N6OS. The zero-order valence-corrected chi connectivity index (χ0v) is 19.8. The van der Waals surface area contributed by atoms with Crippen molar-refractivity contribution in [3.05, 3.63) is 52.5 Å². The molecule has 31 heavy (non-hydrogen) atoms. The van der Waals surface area contributed by atoms with Crippen LogP contribution in [0.3, 0.4) is 0 Å². The Labute approximate surface area is 195 Å². The van der Waals surface area contributed by atoms with Crippen molar-refractivity contribution < 1.29 is 4.79 Å². The van der Waals surface area contributed by atoms with Gasteiger partial charge >= 0.3 is 0 Å². The molecular weight excluding hydrogens is 455 g/mol. The Bertz CT molecular complexity index is 1050. The summed E-state index contributed by atoms with van der Waals surface area (Å²) in [6.45, 7) is 7.34. The van der Waals surface area contributed by atoms with Crippen molar-refractivity contribution in [1.29, 1.82) is 0 Å². The lowest BCUT2D eigenvalue weighted by Crippen LogP contribution is -2.30. The molecule has 0 spiro atoms. The molecule has 0 atom stereocenters. The highest BCUT2D eigenvalue weighted by atomic mass is 35.5. The van der Waals surface area contributed by atoms with Gasteiger partial charge in [-0.2, -0.15) is 0 Å². The van der Waals surface area contributed by atoms with E-state index >= 15 is 0 Å². The van der Waals surface area contributed by atoms with E-state index in [4.69, 9.17) is 29.0 Å². The summed E-state index contributed by atoms with van der Waals surface area (Å²) in [5.74, 6) is 6.45. The molecule has 1 amide bonds. The Morgan fingerprint density at radius 1 is 1.19 bits per heavy atom. The summed E-state index contributed by atoms with van der Waals surface area (Å²) < 4.78 is 1.30. The number of halogens is 2. The average Bonchev–Trinajstić information content (AvgIpc) is 3.10. The second-order valence-electron chi connectivity index (χ2n) is 7.06. The summed E-state index contributed by atoms with van der Waals surface area (Å²) in [5.41, 5.74) is 2.42. The average molecular weight is 479 g/mol. The first kappa shape index (κ1) is 23.2. The van der Waals surface area contributed by atoms with Crippen LogP contribution in [0.1, 0.15) is 20.8 Å². The predicted octanol–water partition coefficient (Wildman–Crippen LogP) is 4.93. The summed E-state index contributed by atoms with van der Waals surface area (Å²) in [7, 11) is 0. The number of carbonyl (C=O) groups is 1. The minimum absolute atomic E-state index is 0.132. The van der Waals surface area contributed by atoms with Gasteiger partial charge in [0.15, 0.2) is 5.82 Å². The normalized spacial score (nSPS) is 11.0. The van der Waals surface area contributed by atoms with Gasteiger partial charge in [0.05, 0.1) is 10.8 Å². The van der Waals surface area contributed by atoms with Crippen LogP contribution in [0.2, 0.25) is 10.0 Å². The van der Waals surface area contributed by atoms with Gasteiger partial charge in [0.2, 0.25) is 11.1 Å². The van der Waals surface area contributed by atoms with E-state index in [2.05, 4.69) is 41.2 Å². The molecule has 3 aromatic rings. The number of thioether (sulfide) groups is 1. The van der Waals surface area contributed by atoms with E-state index in [0.29, 0.717) is 32.6 Å². The molecule has 10 heteroatoms. The molecule has 0 radical (unpaired) electrons. The monoisotopic (exact) mass is 478 g/mol. The van der Waals surface area contributed by atoms with Gasteiger partial charge in [0.1, 0.15) is 0 Å². The zero-order chi connectivity index (χ0) is 22.5. The predicted molar refractivity (Wildman–Crippen MR) is 130 cm³/mol. The van der Waals surface area contributed by atoms with Crippen LogP contribution in [0.4, 0.5) is 11.4 Å². The molecule has 1 aromatic heterocycles. The fourth-order valence-corrected chi connectivity index (χ4v) is 4.17. The molecule has 0 aliphatic carbocycles. The Balaban J connectivity index is 1.61. The topological polar surface area (TPSA) is 89.1 Å². The maximum absolute atomic E-state index is 12.4. The number of anilines is 2. The number of hydrogen-bond acceptors (Lipinski definition) is 6. The van der Waals surface area contributed by atoms with Crippen LogP contribution < -0.4 is 16.1 Å². The fourth-order valence-electron chi connectivity index (χ4n) is 3.14. The third kappa shape index (κ3) is 5.64. The Hall–Kier alpha value is -2.42. The number of nitrogens with zero attached hydrogens (tertiary/aromatic N) is 4. The summed E-state index contributed by atoms with van der Waals surface area (Å²) >= 11 is 13.4. The molecule has 2 aromatic carbocycles. The zero-order valence-electron chi connectivity index (χ0n) is 17.5. The van der Waals surface area contributed by atoms with E-state index in [1.807, 2.05) is 24.3 Å². The first-order chi connectivity index (χ1) is 14.8. The molecule has 0 saturated carbocycles. The lowest BCUT2D eigenvalue weighted by Gasteiger charge is -2.27. The Morgan fingerprint density at radius 3 is 2.55 bits per heavy atom. The number of hydrogen-bond donors (Lipinski definition) is 2. The number of nitrogens with two attached hydrogens (primary N) is 1. The van der Waals surface area contributed by atoms with Crippen molar-refractivity contribution >= 4 is 52.2 Å². The van der Waals surface area contributed by atoms with E-state index in [0.717, 1.165) is 17.9 Å². The highest BCUT2D eigenvalue weighted by Gasteiger charge is 2.16. The molecule has 3 rings (SSSR count). The van der Waals surface area contributed by atoms with Gasteiger partial charge in [0.25, 0.3) is 0 Å². The maximum Gasteiger partial charge on any atom is 0.234 e. The number of carbonyl (C=O) groups excluding carboxylic acids is 1. The van der Waals surface area contributed by atoms with Gasteiger partial charge in [-0.3, -0.25) is 4.79 Å². The molecule has 0 aliphatic heterocycles. The van der Waals surface area contributed by atoms with E-state index in [1.54, 1.807) is 18.2 Å². The van der Waals surface area contributed by atoms with Gasteiger partial charge < -0.3 is 16.1 Å². The lowest BCUT2D eigenvalue weighted by atomic mass is 10.2. The number of benzene rings is 2. The van der Waals surface area contributed by atoms with E-state index in [-0.39, 0.29) is 11.7 Å². The van der Waals surface area contributed by atoms with Crippen molar-refractivity contribution in [3.63, 3.8) is 0 Å². The lowest BCUT2D eigenvalue weighted by molar-refractivity contribution is -0.113. The summed E-state index contributed by atoms with van der Waals surface area (Å²) in [6.07, 6.45) is 0. The quantitative estimate of drug-likeness (QED) is 0.352. The highest BCUT2D eigenvalue weighted by Crippen LogP contribution is 2.30. The van der Waals surface area contributed by atoms with Crippen LogP contribution in [0, 0.1) is 0 Å². The first-order valence-corrected chi connectivity index (χ1v) is 11.5. The fraction of sp³-hybridized carbons (Fsp3) is 0.286. The molecule has 0 saturated heterocycles. The number of amides is 1. The third-order valence-electron chi connectivity index (χ3n) is 4.61.